The Hall–Kier alpha value is -4.46. The highest BCUT2D eigenvalue weighted by Crippen LogP contribution is 2.11. The van der Waals surface area contributed by atoms with Crippen molar-refractivity contribution in [3.05, 3.63) is 95.6 Å². The maximum Gasteiger partial charge on any atom is 0.329 e. The molecule has 3 N–H and O–H groups in total. The summed E-state index contributed by atoms with van der Waals surface area (Å²) >= 11 is 0. The van der Waals surface area contributed by atoms with Crippen LogP contribution in [0.1, 0.15) is 16.7 Å². The lowest BCUT2D eigenvalue weighted by Crippen LogP contribution is -2.32. The molecular formula is C25H24N4O4. The zero-order valence-electron chi connectivity index (χ0n) is 18.1. The van der Waals surface area contributed by atoms with Crippen LogP contribution in [0.25, 0.3) is 0 Å². The summed E-state index contributed by atoms with van der Waals surface area (Å²) < 4.78 is 5.47. The van der Waals surface area contributed by atoms with Crippen LogP contribution in [0.2, 0.25) is 0 Å². The van der Waals surface area contributed by atoms with Gasteiger partial charge in [-0.15, -0.1) is 0 Å². The summed E-state index contributed by atoms with van der Waals surface area (Å²) in [5.41, 5.74) is 5.36. The number of amides is 3. The molecule has 0 spiro atoms. The summed E-state index contributed by atoms with van der Waals surface area (Å²) in [5, 5.41) is 9.08. The van der Waals surface area contributed by atoms with Crippen molar-refractivity contribution in [3.63, 3.8) is 0 Å². The number of hydrogen-bond acceptors (Lipinski definition) is 5. The largest absolute Gasteiger partial charge is 0.484 e. The van der Waals surface area contributed by atoms with E-state index in [4.69, 9.17) is 4.74 Å². The second-order valence-electron chi connectivity index (χ2n) is 7.14. The number of rotatable bonds is 8. The van der Waals surface area contributed by atoms with Crippen LogP contribution in [0.3, 0.4) is 0 Å². The molecule has 0 saturated heterocycles. The second-order valence-corrected chi connectivity index (χ2v) is 7.14. The van der Waals surface area contributed by atoms with E-state index in [2.05, 4.69) is 21.2 Å². The van der Waals surface area contributed by atoms with Crippen molar-refractivity contribution in [2.75, 3.05) is 11.9 Å². The van der Waals surface area contributed by atoms with Gasteiger partial charge >= 0.3 is 11.8 Å². The van der Waals surface area contributed by atoms with Crippen molar-refractivity contribution < 1.29 is 19.1 Å². The Morgan fingerprint density at radius 2 is 1.67 bits per heavy atom. The first-order chi connectivity index (χ1) is 16.0. The summed E-state index contributed by atoms with van der Waals surface area (Å²) in [7, 11) is 0. The van der Waals surface area contributed by atoms with Gasteiger partial charge in [-0.2, -0.15) is 5.10 Å². The molecule has 0 heterocycles. The van der Waals surface area contributed by atoms with Gasteiger partial charge < -0.3 is 15.4 Å². The number of hydrogen-bond donors (Lipinski definition) is 3. The van der Waals surface area contributed by atoms with Crippen molar-refractivity contribution in [1.82, 2.24) is 10.7 Å². The molecule has 8 heteroatoms. The van der Waals surface area contributed by atoms with Crippen molar-refractivity contribution >= 4 is 29.6 Å². The Labute approximate surface area is 191 Å². The topological polar surface area (TPSA) is 109 Å². The number of benzene rings is 3. The minimum Gasteiger partial charge on any atom is -0.484 e. The van der Waals surface area contributed by atoms with E-state index >= 15 is 0 Å². The van der Waals surface area contributed by atoms with E-state index in [0.717, 1.165) is 11.1 Å². The predicted molar refractivity (Wildman–Crippen MR) is 126 cm³/mol. The zero-order chi connectivity index (χ0) is 23.5. The SMILES string of the molecule is Cc1cccc(NC(=O)C(=O)N/N=C\c2ccc(OCC(=O)NCc3ccccc3)cc2)c1. The summed E-state index contributed by atoms with van der Waals surface area (Å²) in [6.07, 6.45) is 1.40. The lowest BCUT2D eigenvalue weighted by atomic mass is 10.2. The molecule has 0 fully saturated rings. The standard InChI is InChI=1S/C25H24N4O4/c1-18-6-5-9-21(14-18)28-24(31)25(32)29-27-16-20-10-12-22(13-11-20)33-17-23(30)26-15-19-7-3-2-4-8-19/h2-14,16H,15,17H2,1H3,(H,26,30)(H,28,31)(H,29,32)/b27-16-. The molecule has 168 valence electrons. The average Bonchev–Trinajstić information content (AvgIpc) is 2.83. The minimum atomic E-state index is -0.880. The minimum absolute atomic E-state index is 0.105. The van der Waals surface area contributed by atoms with Crippen molar-refractivity contribution in [1.29, 1.82) is 0 Å². The molecule has 0 radical (unpaired) electrons. The number of ether oxygens (including phenoxy) is 1. The van der Waals surface area contributed by atoms with E-state index in [9.17, 15) is 14.4 Å². The fourth-order valence-corrected chi connectivity index (χ4v) is 2.77. The first-order valence-corrected chi connectivity index (χ1v) is 10.2. The normalized spacial score (nSPS) is 10.5. The Kier molecular flexibility index (Phi) is 8.30. The quantitative estimate of drug-likeness (QED) is 0.282. The maximum atomic E-state index is 11.9. The highest BCUT2D eigenvalue weighted by Gasteiger charge is 2.12. The molecule has 0 aliphatic heterocycles. The van der Waals surface area contributed by atoms with Gasteiger partial charge in [-0.3, -0.25) is 14.4 Å². The van der Waals surface area contributed by atoms with Crippen LogP contribution >= 0.6 is 0 Å². The molecule has 0 bridgehead atoms. The van der Waals surface area contributed by atoms with Crippen molar-refractivity contribution in [2.45, 2.75) is 13.5 Å². The first-order valence-electron chi connectivity index (χ1n) is 10.2. The van der Waals surface area contributed by atoms with E-state index in [1.165, 1.54) is 6.21 Å². The monoisotopic (exact) mass is 444 g/mol. The van der Waals surface area contributed by atoms with Gasteiger partial charge in [-0.1, -0.05) is 42.5 Å². The second kappa shape index (κ2) is 11.8. The van der Waals surface area contributed by atoms with Crippen LogP contribution in [0, 0.1) is 6.92 Å². The third kappa shape index (κ3) is 7.95. The van der Waals surface area contributed by atoms with Crippen molar-refractivity contribution in [3.8, 4) is 5.75 Å². The number of aryl methyl sites for hydroxylation is 1. The Balaban J connectivity index is 1.39. The maximum absolute atomic E-state index is 11.9. The van der Waals surface area contributed by atoms with Gasteiger partial charge in [0.25, 0.3) is 5.91 Å². The van der Waals surface area contributed by atoms with E-state index in [0.29, 0.717) is 23.5 Å². The molecule has 0 atom stereocenters. The van der Waals surface area contributed by atoms with Crippen LogP contribution in [-0.2, 0) is 20.9 Å². The van der Waals surface area contributed by atoms with Crippen LogP contribution < -0.4 is 20.8 Å². The zero-order valence-corrected chi connectivity index (χ0v) is 18.1. The highest BCUT2D eigenvalue weighted by atomic mass is 16.5. The number of carbonyl (C=O) groups is 3. The molecule has 0 aromatic heterocycles. The van der Waals surface area contributed by atoms with Crippen LogP contribution in [0.15, 0.2) is 84.0 Å². The van der Waals surface area contributed by atoms with E-state index in [1.807, 2.05) is 43.3 Å². The highest BCUT2D eigenvalue weighted by molar-refractivity contribution is 6.39. The predicted octanol–water partition coefficient (Wildman–Crippen LogP) is 2.78. The lowest BCUT2D eigenvalue weighted by molar-refractivity contribution is -0.136. The molecule has 0 unspecified atom stereocenters. The molecule has 33 heavy (non-hydrogen) atoms. The van der Waals surface area contributed by atoms with Crippen LogP contribution in [0.4, 0.5) is 5.69 Å². The van der Waals surface area contributed by atoms with Crippen LogP contribution in [0.5, 0.6) is 5.75 Å². The Morgan fingerprint density at radius 1 is 0.909 bits per heavy atom. The van der Waals surface area contributed by atoms with Gasteiger partial charge in [0, 0.05) is 12.2 Å². The van der Waals surface area contributed by atoms with E-state index in [-0.39, 0.29) is 12.5 Å². The van der Waals surface area contributed by atoms with Gasteiger partial charge in [-0.05, 0) is 60.0 Å². The van der Waals surface area contributed by atoms with E-state index in [1.54, 1.807) is 42.5 Å². The number of nitrogens with zero attached hydrogens (tertiary/aromatic N) is 1. The number of nitrogens with one attached hydrogen (secondary N) is 3. The summed E-state index contributed by atoms with van der Waals surface area (Å²) in [4.78, 5) is 35.7. The Bertz CT molecular complexity index is 1130. The summed E-state index contributed by atoms with van der Waals surface area (Å²) in [6, 6.07) is 23.5. The van der Waals surface area contributed by atoms with Gasteiger partial charge in [0.15, 0.2) is 6.61 Å². The number of carbonyl (C=O) groups excluding carboxylic acids is 3. The molecule has 8 nitrogen and oxygen atoms in total. The van der Waals surface area contributed by atoms with Crippen molar-refractivity contribution in [2.24, 2.45) is 5.10 Å². The first kappa shape index (κ1) is 23.2. The van der Waals surface area contributed by atoms with E-state index < -0.39 is 11.8 Å². The third-order valence-electron chi connectivity index (χ3n) is 4.44. The molecule has 0 aliphatic rings. The average molecular weight is 444 g/mol. The smallest absolute Gasteiger partial charge is 0.329 e. The molecule has 3 aromatic carbocycles. The fraction of sp³-hybridized carbons (Fsp3) is 0.120. The number of hydrazone groups is 1. The van der Waals surface area contributed by atoms with Crippen LogP contribution in [-0.4, -0.2) is 30.5 Å². The van der Waals surface area contributed by atoms with Gasteiger partial charge in [0.1, 0.15) is 5.75 Å². The summed E-state index contributed by atoms with van der Waals surface area (Å²) in [6.45, 7) is 2.22. The molecule has 3 aromatic rings. The Morgan fingerprint density at radius 3 is 2.39 bits per heavy atom. The third-order valence-corrected chi connectivity index (χ3v) is 4.44. The van der Waals surface area contributed by atoms with Gasteiger partial charge in [0.2, 0.25) is 0 Å². The fourth-order valence-electron chi connectivity index (χ4n) is 2.77. The lowest BCUT2D eigenvalue weighted by Gasteiger charge is -2.08. The molecule has 3 amide bonds. The molecule has 0 aliphatic carbocycles. The molecule has 0 saturated carbocycles. The molecule has 3 rings (SSSR count). The number of anilines is 1. The summed E-state index contributed by atoms with van der Waals surface area (Å²) in [5.74, 6) is -1.40. The molecular weight excluding hydrogens is 420 g/mol. The van der Waals surface area contributed by atoms with Gasteiger partial charge in [0.05, 0.1) is 6.21 Å². The van der Waals surface area contributed by atoms with Gasteiger partial charge in [-0.25, -0.2) is 5.43 Å².